The third kappa shape index (κ3) is 5.07. The van der Waals surface area contributed by atoms with Gasteiger partial charge in [-0.2, -0.15) is 13.2 Å². The Balaban J connectivity index is 1.65. The zero-order chi connectivity index (χ0) is 25.4. The van der Waals surface area contributed by atoms with E-state index in [1.807, 2.05) is 0 Å². The molecule has 184 valence electrons. The highest BCUT2D eigenvalue weighted by atomic mass is 19.4. The van der Waals surface area contributed by atoms with Gasteiger partial charge in [0.1, 0.15) is 24.2 Å². The molecule has 0 aromatic heterocycles. The van der Waals surface area contributed by atoms with Gasteiger partial charge in [-0.1, -0.05) is 25.1 Å². The van der Waals surface area contributed by atoms with E-state index in [-0.39, 0.29) is 31.1 Å². The van der Waals surface area contributed by atoms with Gasteiger partial charge in [-0.25, -0.2) is 9.18 Å². The molecule has 0 aliphatic carbocycles. The van der Waals surface area contributed by atoms with Crippen LogP contribution in [0.1, 0.15) is 28.4 Å². The van der Waals surface area contributed by atoms with E-state index in [4.69, 9.17) is 9.47 Å². The lowest BCUT2D eigenvalue weighted by Crippen LogP contribution is -2.59. The number of amides is 1. The first kappa shape index (κ1) is 24.5. The van der Waals surface area contributed by atoms with Gasteiger partial charge in [0, 0.05) is 10.8 Å². The summed E-state index contributed by atoms with van der Waals surface area (Å²) in [7, 11) is 0. The van der Waals surface area contributed by atoms with Gasteiger partial charge < -0.3 is 19.9 Å². The van der Waals surface area contributed by atoms with Crippen LogP contribution in [-0.2, 0) is 22.3 Å². The maximum Gasteiger partial charge on any atom is 0.416 e. The highest BCUT2D eigenvalue weighted by Gasteiger charge is 2.46. The number of hydrogen-bond acceptors (Lipinski definition) is 4. The van der Waals surface area contributed by atoms with Crippen LogP contribution in [0.25, 0.3) is 10.8 Å². The average Bonchev–Trinajstić information content (AvgIpc) is 2.78. The highest BCUT2D eigenvalue weighted by Crippen LogP contribution is 2.34. The zero-order valence-corrected chi connectivity index (χ0v) is 18.5. The Morgan fingerprint density at radius 3 is 2.37 bits per heavy atom. The lowest BCUT2D eigenvalue weighted by atomic mass is 9.80. The van der Waals surface area contributed by atoms with Crippen molar-refractivity contribution in [1.29, 1.82) is 0 Å². The Labute approximate surface area is 197 Å². The Bertz CT molecular complexity index is 1270. The van der Waals surface area contributed by atoms with Crippen molar-refractivity contribution in [3.05, 3.63) is 77.1 Å². The summed E-state index contributed by atoms with van der Waals surface area (Å²) in [5, 5.41) is 13.0. The van der Waals surface area contributed by atoms with E-state index >= 15 is 0 Å². The first-order chi connectivity index (χ1) is 16.5. The van der Waals surface area contributed by atoms with E-state index in [0.717, 1.165) is 12.1 Å². The molecule has 1 amide bonds. The maximum atomic E-state index is 13.8. The number of aliphatic carboxylic acids is 1. The molecule has 10 heteroatoms. The van der Waals surface area contributed by atoms with E-state index in [1.54, 1.807) is 6.92 Å². The SMILES string of the molecule is CC1(C(NC(=O)c2ccc3cc(F)ccc3c2OCc2ccc(C(F)(F)F)cc2)C(=O)O)COC1. The lowest BCUT2D eigenvalue weighted by Gasteiger charge is -2.42. The van der Waals surface area contributed by atoms with Gasteiger partial charge in [0.2, 0.25) is 0 Å². The van der Waals surface area contributed by atoms with Gasteiger partial charge in [-0.3, -0.25) is 4.79 Å². The summed E-state index contributed by atoms with van der Waals surface area (Å²) in [5.41, 5.74) is -1.19. The number of rotatable bonds is 7. The molecule has 4 rings (SSSR count). The molecule has 0 radical (unpaired) electrons. The second kappa shape index (κ2) is 9.18. The number of hydrogen-bond donors (Lipinski definition) is 2. The summed E-state index contributed by atoms with van der Waals surface area (Å²) in [6, 6.07) is 9.86. The molecule has 1 aliphatic heterocycles. The molecule has 2 N–H and O–H groups in total. The summed E-state index contributed by atoms with van der Waals surface area (Å²) in [6.07, 6.45) is -4.48. The minimum Gasteiger partial charge on any atom is -0.487 e. The number of carbonyl (C=O) groups excluding carboxylic acids is 1. The fourth-order valence-electron chi connectivity index (χ4n) is 3.89. The molecule has 1 fully saturated rings. The Hall–Kier alpha value is -3.66. The van der Waals surface area contributed by atoms with E-state index in [9.17, 15) is 32.3 Å². The monoisotopic (exact) mass is 491 g/mol. The van der Waals surface area contributed by atoms with Crippen LogP contribution in [0.3, 0.4) is 0 Å². The largest absolute Gasteiger partial charge is 0.487 e. The van der Waals surface area contributed by atoms with Gasteiger partial charge in [-0.15, -0.1) is 0 Å². The second-order valence-corrected chi connectivity index (χ2v) is 8.68. The number of ether oxygens (including phenoxy) is 2. The van der Waals surface area contributed by atoms with E-state index in [1.165, 1.54) is 42.5 Å². The number of fused-ring (bicyclic) bond motifs is 1. The number of benzene rings is 3. The third-order valence-corrected chi connectivity index (χ3v) is 5.92. The molecule has 1 saturated heterocycles. The third-order valence-electron chi connectivity index (χ3n) is 5.92. The summed E-state index contributed by atoms with van der Waals surface area (Å²) >= 11 is 0. The zero-order valence-electron chi connectivity index (χ0n) is 18.5. The molecule has 1 aliphatic rings. The first-order valence-corrected chi connectivity index (χ1v) is 10.6. The van der Waals surface area contributed by atoms with Gasteiger partial charge in [0.15, 0.2) is 0 Å². The predicted molar refractivity (Wildman–Crippen MR) is 117 cm³/mol. The number of carbonyl (C=O) groups is 2. The van der Waals surface area contributed by atoms with E-state index < -0.39 is 40.9 Å². The number of alkyl halides is 3. The van der Waals surface area contributed by atoms with Crippen molar-refractivity contribution in [2.24, 2.45) is 5.41 Å². The van der Waals surface area contributed by atoms with Crippen molar-refractivity contribution in [2.45, 2.75) is 25.7 Å². The summed E-state index contributed by atoms with van der Waals surface area (Å²) in [4.78, 5) is 25.0. The first-order valence-electron chi connectivity index (χ1n) is 10.6. The van der Waals surface area contributed by atoms with Crippen LogP contribution in [0.2, 0.25) is 0 Å². The van der Waals surface area contributed by atoms with Gasteiger partial charge >= 0.3 is 12.1 Å². The smallest absolute Gasteiger partial charge is 0.416 e. The number of nitrogens with one attached hydrogen (secondary N) is 1. The molecular weight excluding hydrogens is 470 g/mol. The Morgan fingerprint density at radius 2 is 1.80 bits per heavy atom. The molecule has 1 heterocycles. The van der Waals surface area contributed by atoms with Gasteiger partial charge in [0.05, 0.1) is 24.3 Å². The summed E-state index contributed by atoms with van der Waals surface area (Å²) in [6.45, 7) is 1.83. The van der Waals surface area contributed by atoms with Crippen molar-refractivity contribution in [1.82, 2.24) is 5.32 Å². The molecule has 1 unspecified atom stereocenters. The van der Waals surface area contributed by atoms with Crippen LogP contribution in [0.5, 0.6) is 5.75 Å². The van der Waals surface area contributed by atoms with Crippen molar-refractivity contribution < 1.29 is 41.7 Å². The molecule has 0 saturated carbocycles. The molecule has 1 atom stereocenters. The van der Waals surface area contributed by atoms with E-state index in [2.05, 4.69) is 5.32 Å². The van der Waals surface area contributed by atoms with Gasteiger partial charge in [0.25, 0.3) is 5.91 Å². The van der Waals surface area contributed by atoms with Crippen LogP contribution in [0.4, 0.5) is 17.6 Å². The molecule has 3 aromatic carbocycles. The topological polar surface area (TPSA) is 84.9 Å². The van der Waals surface area contributed by atoms with Crippen LogP contribution < -0.4 is 10.1 Å². The van der Waals surface area contributed by atoms with Crippen LogP contribution >= 0.6 is 0 Å². The van der Waals surface area contributed by atoms with Crippen LogP contribution in [0, 0.1) is 11.2 Å². The van der Waals surface area contributed by atoms with Crippen LogP contribution in [0.15, 0.2) is 54.6 Å². The van der Waals surface area contributed by atoms with Crippen LogP contribution in [-0.4, -0.2) is 36.2 Å². The minimum atomic E-state index is -4.48. The average molecular weight is 491 g/mol. The fraction of sp³-hybridized carbons (Fsp3) is 0.280. The van der Waals surface area contributed by atoms with Crippen molar-refractivity contribution in [3.63, 3.8) is 0 Å². The summed E-state index contributed by atoms with van der Waals surface area (Å²) < 4.78 is 63.2. The number of halogens is 4. The quantitative estimate of drug-likeness (QED) is 0.464. The standard InChI is InChI=1S/C25H21F4NO5/c1-24(12-34-13-24)21(23(32)33)30-22(31)19-8-4-15-10-17(26)7-9-18(15)20(19)35-11-14-2-5-16(6-3-14)25(27,28)29/h2-10,21H,11-13H2,1H3,(H,30,31)(H,32,33). The maximum absolute atomic E-state index is 13.8. The molecule has 0 bridgehead atoms. The fourth-order valence-corrected chi connectivity index (χ4v) is 3.89. The molecule has 35 heavy (non-hydrogen) atoms. The van der Waals surface area contributed by atoms with E-state index in [0.29, 0.717) is 16.3 Å². The molecule has 6 nitrogen and oxygen atoms in total. The predicted octanol–water partition coefficient (Wildman–Crippen LogP) is 4.80. The Morgan fingerprint density at radius 1 is 1.11 bits per heavy atom. The highest BCUT2D eigenvalue weighted by molar-refractivity contribution is 6.05. The molecule has 3 aromatic rings. The molecule has 0 spiro atoms. The summed E-state index contributed by atoms with van der Waals surface area (Å²) in [5.74, 6) is -2.40. The van der Waals surface area contributed by atoms with Crippen molar-refractivity contribution in [2.75, 3.05) is 13.2 Å². The lowest BCUT2D eigenvalue weighted by molar-refractivity contribution is -0.160. The van der Waals surface area contributed by atoms with Crippen molar-refractivity contribution >= 4 is 22.6 Å². The number of carboxylic acid groups (broad SMARTS) is 1. The molecular formula is C25H21F4NO5. The number of carboxylic acids is 1. The minimum absolute atomic E-state index is 0.00566. The van der Waals surface area contributed by atoms with Crippen molar-refractivity contribution in [3.8, 4) is 5.75 Å². The van der Waals surface area contributed by atoms with Gasteiger partial charge in [-0.05, 0) is 47.3 Å². The second-order valence-electron chi connectivity index (χ2n) is 8.68. The normalized spacial score (nSPS) is 15.8. The Kier molecular flexibility index (Phi) is 6.42.